The van der Waals surface area contributed by atoms with Crippen LogP contribution in [0.4, 0.5) is 19.1 Å². The second-order valence-corrected chi connectivity index (χ2v) is 6.17. The van der Waals surface area contributed by atoms with Crippen molar-refractivity contribution in [3.63, 3.8) is 0 Å². The van der Waals surface area contributed by atoms with Gasteiger partial charge in [-0.1, -0.05) is 31.4 Å². The Balaban J connectivity index is 0.00000243. The lowest BCUT2D eigenvalue weighted by atomic mass is 9.96. The van der Waals surface area contributed by atoms with Crippen LogP contribution in [-0.2, 0) is 6.18 Å². The van der Waals surface area contributed by atoms with Crippen molar-refractivity contribution in [1.82, 2.24) is 9.97 Å². The lowest BCUT2D eigenvalue weighted by Gasteiger charge is -2.23. The summed E-state index contributed by atoms with van der Waals surface area (Å²) in [5.74, 6) is 0.823. The first kappa shape index (κ1) is 20.3. The van der Waals surface area contributed by atoms with Gasteiger partial charge in [0.05, 0.1) is 18.4 Å². The minimum atomic E-state index is -4.35. The summed E-state index contributed by atoms with van der Waals surface area (Å²) in [5.41, 5.74) is 0.428. The average Bonchev–Trinajstić information content (AvgIpc) is 2.61. The van der Waals surface area contributed by atoms with Crippen LogP contribution in [0.3, 0.4) is 0 Å². The van der Waals surface area contributed by atoms with Gasteiger partial charge < -0.3 is 10.1 Å². The molecule has 1 aliphatic rings. The standard InChI is InChI=1S/C18H20F3N3O.ClH/c1-25-16-11-15(12-7-9-13(10-8-12)18(19,20)21)23-17(24-16)22-14-5-3-2-4-6-14;/h7-11,14H,2-6H2,1H3,(H,22,23,24);1H. The van der Waals surface area contributed by atoms with E-state index in [1.54, 1.807) is 6.07 Å². The van der Waals surface area contributed by atoms with E-state index in [9.17, 15) is 13.2 Å². The highest BCUT2D eigenvalue weighted by molar-refractivity contribution is 5.85. The number of methoxy groups -OCH3 is 1. The van der Waals surface area contributed by atoms with Gasteiger partial charge in [0.25, 0.3) is 0 Å². The summed E-state index contributed by atoms with van der Waals surface area (Å²) in [6.45, 7) is 0. The van der Waals surface area contributed by atoms with Crippen LogP contribution in [0, 0.1) is 0 Å². The number of alkyl halides is 3. The fourth-order valence-corrected chi connectivity index (χ4v) is 3.00. The van der Waals surface area contributed by atoms with Gasteiger partial charge in [-0.15, -0.1) is 12.4 Å². The molecular weight excluding hydrogens is 367 g/mol. The van der Waals surface area contributed by atoms with Gasteiger partial charge in [-0.2, -0.15) is 18.2 Å². The lowest BCUT2D eigenvalue weighted by molar-refractivity contribution is -0.137. The number of anilines is 1. The Morgan fingerprint density at radius 3 is 2.27 bits per heavy atom. The summed E-state index contributed by atoms with van der Waals surface area (Å²) in [5, 5.41) is 3.32. The summed E-state index contributed by atoms with van der Waals surface area (Å²) < 4.78 is 43.3. The Labute approximate surface area is 156 Å². The van der Waals surface area contributed by atoms with Gasteiger partial charge in [0.1, 0.15) is 0 Å². The van der Waals surface area contributed by atoms with Gasteiger partial charge >= 0.3 is 6.18 Å². The Kier molecular flexibility index (Phi) is 6.69. The summed E-state index contributed by atoms with van der Waals surface area (Å²) in [7, 11) is 1.50. The summed E-state index contributed by atoms with van der Waals surface area (Å²) >= 11 is 0. The summed E-state index contributed by atoms with van der Waals surface area (Å²) in [6, 6.07) is 6.87. The van der Waals surface area contributed by atoms with Crippen LogP contribution < -0.4 is 10.1 Å². The molecule has 0 unspecified atom stereocenters. The molecule has 1 N–H and O–H groups in total. The molecule has 1 aromatic heterocycles. The molecule has 4 nitrogen and oxygen atoms in total. The number of nitrogens with one attached hydrogen (secondary N) is 1. The number of rotatable bonds is 4. The van der Waals surface area contributed by atoms with Gasteiger partial charge in [0.15, 0.2) is 0 Å². The van der Waals surface area contributed by atoms with Gasteiger partial charge in [-0.3, -0.25) is 0 Å². The largest absolute Gasteiger partial charge is 0.481 e. The monoisotopic (exact) mass is 387 g/mol. The molecule has 0 spiro atoms. The number of hydrogen-bond donors (Lipinski definition) is 1. The first-order valence-corrected chi connectivity index (χ1v) is 8.33. The zero-order chi connectivity index (χ0) is 17.9. The molecule has 0 radical (unpaired) electrons. The smallest absolute Gasteiger partial charge is 0.416 e. The third-order valence-electron chi connectivity index (χ3n) is 4.36. The van der Waals surface area contributed by atoms with E-state index in [1.807, 2.05) is 0 Å². The van der Waals surface area contributed by atoms with E-state index < -0.39 is 11.7 Å². The van der Waals surface area contributed by atoms with E-state index in [1.165, 1.54) is 38.5 Å². The van der Waals surface area contributed by atoms with Gasteiger partial charge in [0, 0.05) is 17.7 Å². The number of ether oxygens (including phenoxy) is 1. The van der Waals surface area contributed by atoms with Crippen molar-refractivity contribution in [3.05, 3.63) is 35.9 Å². The van der Waals surface area contributed by atoms with Crippen LogP contribution in [0.25, 0.3) is 11.3 Å². The van der Waals surface area contributed by atoms with E-state index in [4.69, 9.17) is 4.74 Å². The maximum Gasteiger partial charge on any atom is 0.416 e. The maximum atomic E-state index is 12.7. The highest BCUT2D eigenvalue weighted by Crippen LogP contribution is 2.31. The number of nitrogens with zero attached hydrogens (tertiary/aromatic N) is 2. The van der Waals surface area contributed by atoms with Crippen LogP contribution in [0.1, 0.15) is 37.7 Å². The Morgan fingerprint density at radius 1 is 1.04 bits per heavy atom. The first-order chi connectivity index (χ1) is 12.0. The van der Waals surface area contributed by atoms with Crippen molar-refractivity contribution in [2.24, 2.45) is 0 Å². The predicted molar refractivity (Wildman–Crippen MR) is 96.8 cm³/mol. The molecule has 0 aliphatic heterocycles. The molecule has 1 fully saturated rings. The van der Waals surface area contributed by atoms with Crippen molar-refractivity contribution in [2.75, 3.05) is 12.4 Å². The van der Waals surface area contributed by atoms with Crippen molar-refractivity contribution in [1.29, 1.82) is 0 Å². The van der Waals surface area contributed by atoms with Crippen LogP contribution in [0.15, 0.2) is 30.3 Å². The van der Waals surface area contributed by atoms with E-state index in [2.05, 4.69) is 15.3 Å². The third-order valence-corrected chi connectivity index (χ3v) is 4.36. The van der Waals surface area contributed by atoms with Gasteiger partial charge in [-0.05, 0) is 25.0 Å². The normalized spacial score (nSPS) is 15.2. The molecule has 2 aromatic rings. The Morgan fingerprint density at radius 2 is 1.69 bits per heavy atom. The fourth-order valence-electron chi connectivity index (χ4n) is 3.00. The summed E-state index contributed by atoms with van der Waals surface area (Å²) in [6.07, 6.45) is 1.37. The molecule has 1 aliphatic carbocycles. The number of halogens is 4. The molecule has 0 saturated heterocycles. The SMILES string of the molecule is COc1cc(-c2ccc(C(F)(F)F)cc2)nc(NC2CCCCC2)n1.Cl. The van der Waals surface area contributed by atoms with E-state index in [-0.39, 0.29) is 12.4 Å². The zero-order valence-corrected chi connectivity index (χ0v) is 15.2. The van der Waals surface area contributed by atoms with Crippen molar-refractivity contribution >= 4 is 18.4 Å². The lowest BCUT2D eigenvalue weighted by Crippen LogP contribution is -2.23. The molecular formula is C18H21ClF3N3O. The van der Waals surface area contributed by atoms with Crippen LogP contribution in [-0.4, -0.2) is 23.1 Å². The molecule has 1 heterocycles. The van der Waals surface area contributed by atoms with E-state index in [0.29, 0.717) is 29.1 Å². The Hall–Kier alpha value is -2.02. The molecule has 8 heteroatoms. The molecule has 26 heavy (non-hydrogen) atoms. The van der Waals surface area contributed by atoms with E-state index >= 15 is 0 Å². The summed E-state index contributed by atoms with van der Waals surface area (Å²) in [4.78, 5) is 8.76. The first-order valence-electron chi connectivity index (χ1n) is 8.33. The predicted octanol–water partition coefficient (Wildman–Crippen LogP) is 5.34. The van der Waals surface area contributed by atoms with Gasteiger partial charge in [0.2, 0.25) is 11.8 Å². The third kappa shape index (κ3) is 5.00. The quantitative estimate of drug-likeness (QED) is 0.769. The molecule has 1 saturated carbocycles. The van der Waals surface area contributed by atoms with Crippen LogP contribution >= 0.6 is 12.4 Å². The zero-order valence-electron chi connectivity index (χ0n) is 14.3. The molecule has 0 bridgehead atoms. The average molecular weight is 388 g/mol. The van der Waals surface area contributed by atoms with Crippen LogP contribution in [0.2, 0.25) is 0 Å². The molecule has 0 atom stereocenters. The van der Waals surface area contributed by atoms with Crippen molar-refractivity contribution in [3.8, 4) is 17.1 Å². The highest BCUT2D eigenvalue weighted by Gasteiger charge is 2.30. The van der Waals surface area contributed by atoms with Gasteiger partial charge in [-0.25, -0.2) is 4.98 Å². The maximum absolute atomic E-state index is 12.7. The second-order valence-electron chi connectivity index (χ2n) is 6.17. The number of aromatic nitrogens is 2. The molecule has 1 aromatic carbocycles. The Bertz CT molecular complexity index is 717. The molecule has 0 amide bonds. The second kappa shape index (κ2) is 8.58. The fraction of sp³-hybridized carbons (Fsp3) is 0.444. The minimum Gasteiger partial charge on any atom is -0.481 e. The molecule has 142 valence electrons. The minimum absolute atomic E-state index is 0. The van der Waals surface area contributed by atoms with Crippen molar-refractivity contribution < 1.29 is 17.9 Å². The number of benzene rings is 1. The molecule has 3 rings (SSSR count). The highest BCUT2D eigenvalue weighted by atomic mass is 35.5. The van der Waals surface area contributed by atoms with E-state index in [0.717, 1.165) is 25.0 Å². The number of hydrogen-bond acceptors (Lipinski definition) is 4. The van der Waals surface area contributed by atoms with Crippen LogP contribution in [0.5, 0.6) is 5.88 Å². The topological polar surface area (TPSA) is 47.0 Å². The van der Waals surface area contributed by atoms with Crippen molar-refractivity contribution in [2.45, 2.75) is 44.3 Å².